The summed E-state index contributed by atoms with van der Waals surface area (Å²) < 4.78 is 5.21. The van der Waals surface area contributed by atoms with Crippen LogP contribution in [-0.2, 0) is 9.53 Å². The zero-order valence-electron chi connectivity index (χ0n) is 13.2. The lowest BCUT2D eigenvalue weighted by Crippen LogP contribution is -2.52. The number of ether oxygens (including phenoxy) is 1. The Morgan fingerprint density at radius 2 is 1.70 bits per heavy atom. The third-order valence-electron chi connectivity index (χ3n) is 4.33. The Morgan fingerprint density at radius 1 is 1.10 bits per heavy atom. The molecule has 0 aromatic rings. The molecule has 116 valence electrons. The summed E-state index contributed by atoms with van der Waals surface area (Å²) in [5.74, 6) is -0.0851. The maximum absolute atomic E-state index is 11.7. The Labute approximate surface area is 122 Å². The third kappa shape index (κ3) is 4.72. The summed E-state index contributed by atoms with van der Waals surface area (Å²) in [6.07, 6.45) is 2.35. The highest BCUT2D eigenvalue weighted by molar-refractivity contribution is 5.71. The van der Waals surface area contributed by atoms with Crippen molar-refractivity contribution in [1.82, 2.24) is 14.7 Å². The highest BCUT2D eigenvalue weighted by atomic mass is 16.5. The van der Waals surface area contributed by atoms with Crippen LogP contribution >= 0.6 is 0 Å². The van der Waals surface area contributed by atoms with E-state index in [4.69, 9.17) is 4.74 Å². The molecule has 0 saturated carbocycles. The average molecular weight is 283 g/mol. The van der Waals surface area contributed by atoms with Crippen molar-refractivity contribution < 1.29 is 9.53 Å². The normalized spacial score (nSPS) is 24.2. The molecule has 2 aliphatic rings. The lowest BCUT2D eigenvalue weighted by Gasteiger charge is -2.41. The summed E-state index contributed by atoms with van der Waals surface area (Å²) in [6.45, 7) is 11.0. The fraction of sp³-hybridized carbons (Fsp3) is 0.933. The van der Waals surface area contributed by atoms with Crippen LogP contribution in [0.3, 0.4) is 0 Å². The molecule has 5 heteroatoms. The van der Waals surface area contributed by atoms with Crippen LogP contribution in [0.5, 0.6) is 0 Å². The summed E-state index contributed by atoms with van der Waals surface area (Å²) in [5.41, 5.74) is 0. The quantitative estimate of drug-likeness (QED) is 0.708. The van der Waals surface area contributed by atoms with E-state index in [1.165, 1.54) is 39.0 Å². The molecule has 2 aliphatic heterocycles. The number of likely N-dealkylation sites (N-methyl/N-ethyl adjacent to an activating group) is 1. The summed E-state index contributed by atoms with van der Waals surface area (Å²) in [7, 11) is 2.19. The standard InChI is InChI=1S/C15H29N3O2/c1-13(2)20-15(19)12-17-6-4-14(5-7-17)18-10-8-16(3)9-11-18/h13-14H,4-12H2,1-3H3. The predicted octanol–water partition coefficient (Wildman–Crippen LogP) is 0.650. The number of carbonyl (C=O) groups excluding carboxylic acids is 1. The molecule has 0 aromatic heterocycles. The second kappa shape index (κ2) is 7.38. The van der Waals surface area contributed by atoms with Gasteiger partial charge in [-0.2, -0.15) is 0 Å². The summed E-state index contributed by atoms with van der Waals surface area (Å²) in [6, 6.07) is 0.709. The number of carbonyl (C=O) groups is 1. The van der Waals surface area contributed by atoms with Crippen LogP contribution in [-0.4, -0.2) is 85.7 Å². The van der Waals surface area contributed by atoms with Gasteiger partial charge in [0.05, 0.1) is 12.6 Å². The largest absolute Gasteiger partial charge is 0.462 e. The molecule has 0 atom stereocenters. The van der Waals surface area contributed by atoms with Gasteiger partial charge in [-0.1, -0.05) is 0 Å². The molecule has 5 nitrogen and oxygen atoms in total. The fourth-order valence-electron chi connectivity index (χ4n) is 3.11. The molecule has 2 saturated heterocycles. The first-order valence-corrected chi connectivity index (χ1v) is 7.89. The molecular weight excluding hydrogens is 254 g/mol. The number of esters is 1. The average Bonchev–Trinajstić information content (AvgIpc) is 2.39. The van der Waals surface area contributed by atoms with Gasteiger partial charge in [0.2, 0.25) is 0 Å². The Hall–Kier alpha value is -0.650. The number of hydrogen-bond acceptors (Lipinski definition) is 5. The van der Waals surface area contributed by atoms with Crippen LogP contribution < -0.4 is 0 Å². The second-order valence-electron chi connectivity index (χ2n) is 6.39. The lowest BCUT2D eigenvalue weighted by atomic mass is 10.0. The van der Waals surface area contributed by atoms with Gasteiger partial charge >= 0.3 is 5.97 Å². The van der Waals surface area contributed by atoms with E-state index < -0.39 is 0 Å². The summed E-state index contributed by atoms with van der Waals surface area (Å²) in [5, 5.41) is 0. The molecule has 2 heterocycles. The number of rotatable bonds is 4. The van der Waals surface area contributed by atoms with Crippen molar-refractivity contribution in [3.63, 3.8) is 0 Å². The van der Waals surface area contributed by atoms with Crippen LogP contribution in [0.1, 0.15) is 26.7 Å². The molecule has 0 spiro atoms. The second-order valence-corrected chi connectivity index (χ2v) is 6.39. The molecule has 2 fully saturated rings. The van der Waals surface area contributed by atoms with Gasteiger partial charge in [0, 0.05) is 45.3 Å². The fourth-order valence-corrected chi connectivity index (χ4v) is 3.11. The Kier molecular flexibility index (Phi) is 5.81. The van der Waals surface area contributed by atoms with E-state index in [9.17, 15) is 4.79 Å². The van der Waals surface area contributed by atoms with E-state index in [2.05, 4.69) is 21.7 Å². The molecule has 0 bridgehead atoms. The maximum atomic E-state index is 11.7. The first-order valence-electron chi connectivity index (χ1n) is 7.89. The summed E-state index contributed by atoms with van der Waals surface area (Å²) in [4.78, 5) is 18.9. The number of hydrogen-bond donors (Lipinski definition) is 0. The van der Waals surface area contributed by atoms with E-state index in [0.717, 1.165) is 13.1 Å². The highest BCUT2D eigenvalue weighted by Crippen LogP contribution is 2.18. The van der Waals surface area contributed by atoms with Crippen molar-refractivity contribution in [2.45, 2.75) is 38.8 Å². The SMILES string of the molecule is CC(C)OC(=O)CN1CCC(N2CCN(C)CC2)CC1. The first kappa shape index (κ1) is 15.7. The maximum Gasteiger partial charge on any atom is 0.320 e. The first-order chi connectivity index (χ1) is 9.54. The minimum absolute atomic E-state index is 0.00891. The van der Waals surface area contributed by atoms with Crippen molar-refractivity contribution >= 4 is 5.97 Å². The minimum Gasteiger partial charge on any atom is -0.462 e. The Balaban J connectivity index is 1.68. The molecule has 0 unspecified atom stereocenters. The zero-order valence-corrected chi connectivity index (χ0v) is 13.2. The number of piperazine rings is 1. The molecule has 0 radical (unpaired) electrons. The van der Waals surface area contributed by atoms with Crippen molar-refractivity contribution in [3.05, 3.63) is 0 Å². The van der Waals surface area contributed by atoms with Gasteiger partial charge < -0.3 is 9.64 Å². The van der Waals surface area contributed by atoms with Gasteiger partial charge in [0.15, 0.2) is 0 Å². The van der Waals surface area contributed by atoms with Crippen molar-refractivity contribution in [2.24, 2.45) is 0 Å². The van der Waals surface area contributed by atoms with Crippen LogP contribution in [0.2, 0.25) is 0 Å². The van der Waals surface area contributed by atoms with E-state index in [0.29, 0.717) is 12.6 Å². The molecule has 0 aliphatic carbocycles. The topological polar surface area (TPSA) is 36.0 Å². The van der Waals surface area contributed by atoms with Crippen molar-refractivity contribution in [1.29, 1.82) is 0 Å². The van der Waals surface area contributed by atoms with Gasteiger partial charge in [-0.15, -0.1) is 0 Å². The number of piperidine rings is 1. The van der Waals surface area contributed by atoms with Crippen LogP contribution in [0.4, 0.5) is 0 Å². The molecule has 2 rings (SSSR count). The van der Waals surface area contributed by atoms with Crippen molar-refractivity contribution in [3.8, 4) is 0 Å². The predicted molar refractivity (Wildman–Crippen MR) is 79.8 cm³/mol. The van der Waals surface area contributed by atoms with Gasteiger partial charge in [0.25, 0.3) is 0 Å². The molecule has 0 amide bonds. The number of likely N-dealkylation sites (tertiary alicyclic amines) is 1. The highest BCUT2D eigenvalue weighted by Gasteiger charge is 2.27. The van der Waals surface area contributed by atoms with Crippen LogP contribution in [0.15, 0.2) is 0 Å². The van der Waals surface area contributed by atoms with Gasteiger partial charge in [0.1, 0.15) is 0 Å². The Bertz CT molecular complexity index is 306. The Morgan fingerprint density at radius 3 is 2.25 bits per heavy atom. The van der Waals surface area contributed by atoms with E-state index in [1.807, 2.05) is 13.8 Å². The third-order valence-corrected chi connectivity index (χ3v) is 4.33. The molecular formula is C15H29N3O2. The lowest BCUT2D eigenvalue weighted by molar-refractivity contribution is -0.149. The molecule has 20 heavy (non-hydrogen) atoms. The molecule has 0 N–H and O–H groups in total. The zero-order chi connectivity index (χ0) is 14.5. The summed E-state index contributed by atoms with van der Waals surface area (Å²) >= 11 is 0. The molecule has 0 aromatic carbocycles. The van der Waals surface area contributed by atoms with Gasteiger partial charge in [-0.25, -0.2) is 0 Å². The minimum atomic E-state index is -0.0851. The van der Waals surface area contributed by atoms with E-state index in [1.54, 1.807) is 0 Å². The van der Waals surface area contributed by atoms with Gasteiger partial charge in [-0.3, -0.25) is 14.6 Å². The van der Waals surface area contributed by atoms with E-state index >= 15 is 0 Å². The van der Waals surface area contributed by atoms with Crippen LogP contribution in [0, 0.1) is 0 Å². The van der Waals surface area contributed by atoms with Crippen LogP contribution in [0.25, 0.3) is 0 Å². The van der Waals surface area contributed by atoms with Crippen molar-refractivity contribution in [2.75, 3.05) is 52.9 Å². The monoisotopic (exact) mass is 283 g/mol. The van der Waals surface area contributed by atoms with E-state index in [-0.39, 0.29) is 12.1 Å². The smallest absolute Gasteiger partial charge is 0.320 e. The number of nitrogens with zero attached hydrogens (tertiary/aromatic N) is 3. The van der Waals surface area contributed by atoms with Gasteiger partial charge in [-0.05, 0) is 33.7 Å².